The minimum absolute atomic E-state index is 0.0968. The Balaban J connectivity index is 1.62. The summed E-state index contributed by atoms with van der Waals surface area (Å²) in [6, 6.07) is 7.43. The number of urea groups is 1. The molecule has 122 valence electrons. The Labute approximate surface area is 135 Å². The minimum Gasteiger partial charge on any atom is -0.325 e. The fourth-order valence-electron chi connectivity index (χ4n) is 2.71. The van der Waals surface area contributed by atoms with Gasteiger partial charge in [0.25, 0.3) is 5.91 Å². The van der Waals surface area contributed by atoms with Gasteiger partial charge in [-0.25, -0.2) is 4.79 Å². The number of carbonyl (C=O) groups is 3. The van der Waals surface area contributed by atoms with Crippen molar-refractivity contribution in [2.75, 3.05) is 18.4 Å². The van der Waals surface area contributed by atoms with E-state index in [0.717, 1.165) is 23.3 Å². The van der Waals surface area contributed by atoms with Crippen LogP contribution in [0.1, 0.15) is 38.2 Å². The average Bonchev–Trinajstić information content (AvgIpc) is 3.30. The Hall–Kier alpha value is -2.37. The van der Waals surface area contributed by atoms with Crippen LogP contribution < -0.4 is 5.32 Å². The van der Waals surface area contributed by atoms with Gasteiger partial charge in [-0.2, -0.15) is 0 Å². The summed E-state index contributed by atoms with van der Waals surface area (Å²) in [4.78, 5) is 38.9. The lowest BCUT2D eigenvalue weighted by molar-refractivity contribution is -0.129. The summed E-state index contributed by atoms with van der Waals surface area (Å²) in [6.45, 7) is 4.02. The highest BCUT2D eigenvalue weighted by molar-refractivity contribution is 6.06. The topological polar surface area (TPSA) is 69.7 Å². The average molecular weight is 315 g/mol. The Morgan fingerprint density at radius 2 is 2.04 bits per heavy atom. The summed E-state index contributed by atoms with van der Waals surface area (Å²) in [7, 11) is 0. The first-order valence-electron chi connectivity index (χ1n) is 7.96. The van der Waals surface area contributed by atoms with E-state index in [0.29, 0.717) is 11.6 Å². The van der Waals surface area contributed by atoms with Gasteiger partial charge in [-0.3, -0.25) is 14.5 Å². The lowest BCUT2D eigenvalue weighted by atomic mass is 10.0. The van der Waals surface area contributed by atoms with Gasteiger partial charge in [0.2, 0.25) is 5.91 Å². The molecule has 1 N–H and O–H groups in total. The summed E-state index contributed by atoms with van der Waals surface area (Å²) in [5, 5.41) is 2.76. The van der Waals surface area contributed by atoms with Crippen molar-refractivity contribution in [3.63, 3.8) is 0 Å². The van der Waals surface area contributed by atoms with Crippen LogP contribution in [0.4, 0.5) is 10.5 Å². The summed E-state index contributed by atoms with van der Waals surface area (Å²) in [5.74, 6) is -0.293. The molecule has 0 aromatic heterocycles. The number of rotatable bonds is 5. The van der Waals surface area contributed by atoms with Crippen molar-refractivity contribution in [2.45, 2.75) is 38.6 Å². The summed E-state index contributed by atoms with van der Waals surface area (Å²) >= 11 is 0. The molecule has 0 spiro atoms. The SMILES string of the molecule is CC(C)c1cccc(NC(=O)CN2C(=O)CN(C3CC3)C2=O)c1. The van der Waals surface area contributed by atoms with E-state index in [-0.39, 0.29) is 37.0 Å². The Morgan fingerprint density at radius 1 is 1.30 bits per heavy atom. The molecule has 4 amide bonds. The summed E-state index contributed by atoms with van der Waals surface area (Å²) in [6.07, 6.45) is 1.89. The molecule has 0 unspecified atom stereocenters. The van der Waals surface area contributed by atoms with Gasteiger partial charge in [0.1, 0.15) is 13.1 Å². The Kier molecular flexibility index (Phi) is 4.07. The van der Waals surface area contributed by atoms with Crippen molar-refractivity contribution in [3.05, 3.63) is 29.8 Å². The fourth-order valence-corrected chi connectivity index (χ4v) is 2.71. The van der Waals surface area contributed by atoms with E-state index in [2.05, 4.69) is 19.2 Å². The zero-order chi connectivity index (χ0) is 16.6. The number of hydrogen-bond donors (Lipinski definition) is 1. The molecule has 6 nitrogen and oxygen atoms in total. The largest absolute Gasteiger partial charge is 0.327 e. The van der Waals surface area contributed by atoms with Crippen molar-refractivity contribution in [1.82, 2.24) is 9.80 Å². The molecule has 1 aliphatic heterocycles. The third kappa shape index (κ3) is 3.36. The first-order valence-corrected chi connectivity index (χ1v) is 7.96. The lowest BCUT2D eigenvalue weighted by Crippen LogP contribution is -2.39. The van der Waals surface area contributed by atoms with Gasteiger partial charge < -0.3 is 10.2 Å². The van der Waals surface area contributed by atoms with Gasteiger partial charge in [0, 0.05) is 11.7 Å². The van der Waals surface area contributed by atoms with E-state index in [1.807, 2.05) is 18.2 Å². The second-order valence-corrected chi connectivity index (χ2v) is 6.45. The van der Waals surface area contributed by atoms with Gasteiger partial charge in [0.15, 0.2) is 0 Å². The second kappa shape index (κ2) is 6.02. The monoisotopic (exact) mass is 315 g/mol. The third-order valence-electron chi connectivity index (χ3n) is 4.21. The van der Waals surface area contributed by atoms with Crippen LogP contribution in [0.3, 0.4) is 0 Å². The predicted molar refractivity (Wildman–Crippen MR) is 86.0 cm³/mol. The molecule has 2 aliphatic rings. The van der Waals surface area contributed by atoms with E-state index in [4.69, 9.17) is 0 Å². The molecule has 0 bridgehead atoms. The second-order valence-electron chi connectivity index (χ2n) is 6.45. The maximum atomic E-state index is 12.2. The first-order chi connectivity index (χ1) is 11.0. The lowest BCUT2D eigenvalue weighted by Gasteiger charge is -2.16. The Morgan fingerprint density at radius 3 is 2.70 bits per heavy atom. The van der Waals surface area contributed by atoms with Crippen molar-refractivity contribution < 1.29 is 14.4 Å². The number of hydrogen-bond acceptors (Lipinski definition) is 3. The van der Waals surface area contributed by atoms with Crippen LogP contribution in [0.2, 0.25) is 0 Å². The fraction of sp³-hybridized carbons (Fsp3) is 0.471. The molecule has 1 saturated carbocycles. The van der Waals surface area contributed by atoms with E-state index >= 15 is 0 Å². The van der Waals surface area contributed by atoms with Crippen LogP contribution >= 0.6 is 0 Å². The van der Waals surface area contributed by atoms with Crippen LogP contribution in [0.15, 0.2) is 24.3 Å². The number of nitrogens with one attached hydrogen (secondary N) is 1. The third-order valence-corrected chi connectivity index (χ3v) is 4.21. The van der Waals surface area contributed by atoms with Crippen LogP contribution in [0, 0.1) is 0 Å². The van der Waals surface area contributed by atoms with Gasteiger partial charge >= 0.3 is 6.03 Å². The molecule has 1 aliphatic carbocycles. The molecule has 1 heterocycles. The molecule has 1 aromatic carbocycles. The number of benzene rings is 1. The number of imide groups is 1. The zero-order valence-corrected chi connectivity index (χ0v) is 13.4. The smallest absolute Gasteiger partial charge is 0.325 e. The van der Waals surface area contributed by atoms with Crippen molar-refractivity contribution in [1.29, 1.82) is 0 Å². The van der Waals surface area contributed by atoms with Gasteiger partial charge in [-0.1, -0.05) is 26.0 Å². The Bertz CT molecular complexity index is 652. The minimum atomic E-state index is -0.356. The quantitative estimate of drug-likeness (QED) is 0.847. The number of amides is 4. The van der Waals surface area contributed by atoms with Crippen LogP contribution in [0.25, 0.3) is 0 Å². The van der Waals surface area contributed by atoms with Crippen molar-refractivity contribution in [2.24, 2.45) is 0 Å². The highest BCUT2D eigenvalue weighted by Gasteiger charge is 2.44. The molecule has 23 heavy (non-hydrogen) atoms. The van der Waals surface area contributed by atoms with Crippen LogP contribution in [-0.2, 0) is 9.59 Å². The van der Waals surface area contributed by atoms with Crippen molar-refractivity contribution >= 4 is 23.5 Å². The summed E-state index contributed by atoms with van der Waals surface area (Å²) in [5.41, 5.74) is 1.80. The van der Waals surface area contributed by atoms with E-state index in [1.54, 1.807) is 11.0 Å². The van der Waals surface area contributed by atoms with Gasteiger partial charge in [-0.05, 0) is 36.5 Å². The molecule has 6 heteroatoms. The van der Waals surface area contributed by atoms with Gasteiger partial charge in [0.05, 0.1) is 0 Å². The predicted octanol–water partition coefficient (Wildman–Crippen LogP) is 2.18. The maximum Gasteiger partial charge on any atom is 0.327 e. The number of nitrogens with zero attached hydrogens (tertiary/aromatic N) is 2. The molecular weight excluding hydrogens is 294 g/mol. The standard InChI is InChI=1S/C17H21N3O3/c1-11(2)12-4-3-5-13(8-12)18-15(21)9-20-16(22)10-19(17(20)23)14-6-7-14/h3-5,8,11,14H,6-7,9-10H2,1-2H3,(H,18,21). The molecule has 0 radical (unpaired) electrons. The normalized spacial score (nSPS) is 18.0. The van der Waals surface area contributed by atoms with E-state index in [9.17, 15) is 14.4 Å². The van der Waals surface area contributed by atoms with E-state index < -0.39 is 0 Å². The molecule has 3 rings (SSSR count). The zero-order valence-electron chi connectivity index (χ0n) is 13.4. The number of carbonyl (C=O) groups excluding carboxylic acids is 3. The molecule has 2 fully saturated rings. The molecule has 0 atom stereocenters. The molecule has 1 aromatic rings. The molecule has 1 saturated heterocycles. The van der Waals surface area contributed by atoms with Crippen LogP contribution in [0.5, 0.6) is 0 Å². The molecular formula is C17H21N3O3. The highest BCUT2D eigenvalue weighted by atomic mass is 16.2. The van der Waals surface area contributed by atoms with Crippen LogP contribution in [-0.4, -0.2) is 46.8 Å². The van der Waals surface area contributed by atoms with Crippen molar-refractivity contribution in [3.8, 4) is 0 Å². The summed E-state index contributed by atoms with van der Waals surface area (Å²) < 4.78 is 0. The first kappa shape index (κ1) is 15.5. The van der Waals surface area contributed by atoms with E-state index in [1.165, 1.54) is 0 Å². The highest BCUT2D eigenvalue weighted by Crippen LogP contribution is 2.30. The maximum absolute atomic E-state index is 12.2. The van der Waals surface area contributed by atoms with Gasteiger partial charge in [-0.15, -0.1) is 0 Å². The number of anilines is 1.